The van der Waals surface area contributed by atoms with Gasteiger partial charge in [-0.2, -0.15) is 0 Å². The molecule has 0 saturated carbocycles. The highest BCUT2D eigenvalue weighted by molar-refractivity contribution is 5.66. The van der Waals surface area contributed by atoms with Gasteiger partial charge in [0.25, 0.3) is 0 Å². The van der Waals surface area contributed by atoms with E-state index in [1.165, 1.54) is 0 Å². The molecule has 0 spiro atoms. The fourth-order valence-corrected chi connectivity index (χ4v) is 1.20. The van der Waals surface area contributed by atoms with Crippen LogP contribution in [0.15, 0.2) is 0 Å². The molecule has 0 rings (SSSR count). The third-order valence-electron chi connectivity index (χ3n) is 1.86. The van der Waals surface area contributed by atoms with Crippen molar-refractivity contribution in [1.82, 2.24) is 10.2 Å². The van der Waals surface area contributed by atoms with Crippen molar-refractivity contribution in [3.8, 4) is 0 Å². The number of alkyl carbamates (subject to hydrolysis) is 1. The Balaban J connectivity index is 3.55. The summed E-state index contributed by atoms with van der Waals surface area (Å²) in [4.78, 5) is 13.0. The van der Waals surface area contributed by atoms with E-state index in [-0.39, 0.29) is 6.09 Å². The van der Waals surface area contributed by atoms with Crippen molar-refractivity contribution < 1.29 is 9.53 Å². The maximum atomic E-state index is 10.9. The van der Waals surface area contributed by atoms with Crippen molar-refractivity contribution in [3.05, 3.63) is 0 Å². The van der Waals surface area contributed by atoms with Crippen LogP contribution in [0.5, 0.6) is 0 Å². The van der Waals surface area contributed by atoms with Crippen LogP contribution in [0.2, 0.25) is 0 Å². The number of nitrogens with one attached hydrogen (secondary N) is 1. The number of nitrogens with zero attached hydrogens (tertiary/aromatic N) is 1. The molecule has 0 aliphatic rings. The van der Waals surface area contributed by atoms with E-state index in [1.807, 2.05) is 0 Å². The summed E-state index contributed by atoms with van der Waals surface area (Å²) < 4.78 is 4.73. The monoisotopic (exact) mass is 218 g/mol. The molecule has 0 saturated heterocycles. The zero-order valence-corrected chi connectivity index (χ0v) is 9.37. The number of ether oxygens (including phenoxy) is 1. The Kier molecular flexibility index (Phi) is 9.15. The molecule has 15 heavy (non-hydrogen) atoms. The van der Waals surface area contributed by atoms with Crippen LogP contribution in [0.4, 0.5) is 4.79 Å². The Labute approximate surface area is 90.9 Å². The van der Waals surface area contributed by atoms with Crippen LogP contribution in [0.3, 0.4) is 0 Å². The van der Waals surface area contributed by atoms with Crippen LogP contribution in [0.25, 0.3) is 0 Å². The van der Waals surface area contributed by atoms with Gasteiger partial charge in [0.1, 0.15) is 0 Å². The average Bonchev–Trinajstić information content (AvgIpc) is 2.19. The summed E-state index contributed by atoms with van der Waals surface area (Å²) in [7, 11) is 0. The van der Waals surface area contributed by atoms with Gasteiger partial charge in [0.15, 0.2) is 0 Å². The quantitative estimate of drug-likeness (QED) is 0.483. The van der Waals surface area contributed by atoms with Crippen LogP contribution in [0, 0.1) is 0 Å². The van der Waals surface area contributed by atoms with Gasteiger partial charge in [-0.1, -0.05) is 0 Å². The van der Waals surface area contributed by atoms with Crippen molar-refractivity contribution >= 4 is 6.09 Å². The molecule has 0 aromatic carbocycles. The van der Waals surface area contributed by atoms with Gasteiger partial charge in [0.05, 0.1) is 6.61 Å². The van der Waals surface area contributed by atoms with Gasteiger partial charge in [-0.3, -0.25) is 4.90 Å². The number of amides is 1. The second-order valence-electron chi connectivity index (χ2n) is 3.07. The summed E-state index contributed by atoms with van der Waals surface area (Å²) >= 11 is 0. The maximum Gasteiger partial charge on any atom is 0.407 e. The SMILES string of the molecule is CCOC(=O)NCCN(CCN)CCN. The Morgan fingerprint density at radius 1 is 1.27 bits per heavy atom. The first-order chi connectivity index (χ1) is 7.24. The molecule has 6 heteroatoms. The normalized spacial score (nSPS) is 10.4. The van der Waals surface area contributed by atoms with Crippen LogP contribution in [-0.2, 0) is 4.74 Å². The summed E-state index contributed by atoms with van der Waals surface area (Å²) in [5.74, 6) is 0. The second kappa shape index (κ2) is 9.70. The van der Waals surface area contributed by atoms with Crippen molar-refractivity contribution in [2.24, 2.45) is 11.5 Å². The first-order valence-corrected chi connectivity index (χ1v) is 5.27. The molecule has 5 N–H and O–H groups in total. The highest BCUT2D eigenvalue weighted by atomic mass is 16.5. The van der Waals surface area contributed by atoms with Gasteiger partial charge in [-0.05, 0) is 6.92 Å². The third-order valence-corrected chi connectivity index (χ3v) is 1.86. The Bertz CT molecular complexity index is 160. The fraction of sp³-hybridized carbons (Fsp3) is 0.889. The van der Waals surface area contributed by atoms with Gasteiger partial charge in [0.2, 0.25) is 0 Å². The van der Waals surface area contributed by atoms with E-state index in [2.05, 4.69) is 10.2 Å². The fourth-order valence-electron chi connectivity index (χ4n) is 1.20. The molecule has 0 aromatic rings. The third kappa shape index (κ3) is 8.17. The first kappa shape index (κ1) is 14.2. The molecule has 0 aliphatic heterocycles. The highest BCUT2D eigenvalue weighted by Crippen LogP contribution is 1.84. The zero-order chi connectivity index (χ0) is 11.5. The molecule has 0 bridgehead atoms. The number of hydrogen-bond donors (Lipinski definition) is 3. The molecular weight excluding hydrogens is 196 g/mol. The van der Waals surface area contributed by atoms with E-state index < -0.39 is 0 Å². The number of carbonyl (C=O) groups is 1. The maximum absolute atomic E-state index is 10.9. The van der Waals surface area contributed by atoms with Gasteiger partial charge in [-0.25, -0.2) is 4.79 Å². The van der Waals surface area contributed by atoms with Gasteiger partial charge < -0.3 is 21.5 Å². The predicted molar refractivity (Wildman–Crippen MR) is 59.6 cm³/mol. The molecule has 0 unspecified atom stereocenters. The summed E-state index contributed by atoms with van der Waals surface area (Å²) in [5.41, 5.74) is 10.9. The smallest absolute Gasteiger partial charge is 0.407 e. The van der Waals surface area contributed by atoms with Crippen molar-refractivity contribution in [3.63, 3.8) is 0 Å². The summed E-state index contributed by atoms with van der Waals surface area (Å²) in [6, 6.07) is 0. The van der Waals surface area contributed by atoms with E-state index in [1.54, 1.807) is 6.92 Å². The van der Waals surface area contributed by atoms with Crippen molar-refractivity contribution in [2.45, 2.75) is 6.92 Å². The van der Waals surface area contributed by atoms with Crippen LogP contribution in [-0.4, -0.2) is 56.9 Å². The molecule has 90 valence electrons. The standard InChI is InChI=1S/C9H22N4O2/c1-2-15-9(14)12-5-8-13(6-3-10)7-4-11/h2-8,10-11H2,1H3,(H,12,14). The number of hydrogen-bond acceptors (Lipinski definition) is 5. The Morgan fingerprint density at radius 2 is 1.87 bits per heavy atom. The largest absolute Gasteiger partial charge is 0.450 e. The lowest BCUT2D eigenvalue weighted by atomic mass is 10.4. The lowest BCUT2D eigenvalue weighted by Gasteiger charge is -2.20. The minimum atomic E-state index is -0.377. The summed E-state index contributed by atoms with van der Waals surface area (Å²) in [6.07, 6.45) is -0.377. The number of rotatable bonds is 8. The van der Waals surface area contributed by atoms with Crippen molar-refractivity contribution in [2.75, 3.05) is 45.9 Å². The van der Waals surface area contributed by atoms with Crippen LogP contribution < -0.4 is 16.8 Å². The zero-order valence-electron chi connectivity index (χ0n) is 9.37. The first-order valence-electron chi connectivity index (χ1n) is 5.27. The lowest BCUT2D eigenvalue weighted by molar-refractivity contribution is 0.150. The minimum Gasteiger partial charge on any atom is -0.450 e. The molecule has 0 atom stereocenters. The number of carbonyl (C=O) groups excluding carboxylic acids is 1. The molecule has 0 aromatic heterocycles. The highest BCUT2D eigenvalue weighted by Gasteiger charge is 2.04. The molecule has 0 radical (unpaired) electrons. The van der Waals surface area contributed by atoms with Gasteiger partial charge >= 0.3 is 6.09 Å². The molecule has 0 aliphatic carbocycles. The van der Waals surface area contributed by atoms with E-state index in [4.69, 9.17) is 16.2 Å². The Morgan fingerprint density at radius 3 is 2.33 bits per heavy atom. The molecule has 0 fully saturated rings. The number of nitrogens with two attached hydrogens (primary N) is 2. The summed E-state index contributed by atoms with van der Waals surface area (Å²) in [6.45, 7) is 6.24. The average molecular weight is 218 g/mol. The Hall–Kier alpha value is -0.850. The molecule has 1 amide bonds. The van der Waals surface area contributed by atoms with Gasteiger partial charge in [-0.15, -0.1) is 0 Å². The lowest BCUT2D eigenvalue weighted by Crippen LogP contribution is -2.40. The molecular formula is C9H22N4O2. The van der Waals surface area contributed by atoms with Crippen molar-refractivity contribution in [1.29, 1.82) is 0 Å². The second-order valence-corrected chi connectivity index (χ2v) is 3.07. The van der Waals surface area contributed by atoms with Crippen LogP contribution >= 0.6 is 0 Å². The molecule has 0 heterocycles. The predicted octanol–water partition coefficient (Wildman–Crippen LogP) is -1.05. The van der Waals surface area contributed by atoms with E-state index in [0.717, 1.165) is 19.6 Å². The minimum absolute atomic E-state index is 0.377. The van der Waals surface area contributed by atoms with E-state index >= 15 is 0 Å². The topological polar surface area (TPSA) is 93.6 Å². The van der Waals surface area contributed by atoms with E-state index in [0.29, 0.717) is 26.2 Å². The molecule has 6 nitrogen and oxygen atoms in total. The van der Waals surface area contributed by atoms with Crippen LogP contribution in [0.1, 0.15) is 6.92 Å². The van der Waals surface area contributed by atoms with Gasteiger partial charge in [0, 0.05) is 39.3 Å². The summed E-state index contributed by atoms with van der Waals surface area (Å²) in [5, 5.41) is 2.65. The van der Waals surface area contributed by atoms with E-state index in [9.17, 15) is 4.79 Å².